The molecule has 0 bridgehead atoms. The van der Waals surface area contributed by atoms with Crippen molar-refractivity contribution in [1.82, 2.24) is 0 Å². The molecule has 1 saturated carbocycles. The Labute approximate surface area is 137 Å². The minimum atomic E-state index is -1.80. The lowest BCUT2D eigenvalue weighted by molar-refractivity contribution is -0.137. The fourth-order valence-corrected chi connectivity index (χ4v) is 4.47. The molecule has 0 amide bonds. The number of methoxy groups -OCH3 is 1. The summed E-state index contributed by atoms with van der Waals surface area (Å²) >= 11 is 0. The van der Waals surface area contributed by atoms with Crippen LogP contribution in [-0.2, 0) is 18.7 Å². The zero-order valence-corrected chi connectivity index (χ0v) is 16.4. The molecular formula is C17H34O4Si. The van der Waals surface area contributed by atoms with Crippen molar-refractivity contribution in [3.05, 3.63) is 0 Å². The molecule has 1 aliphatic rings. The molecule has 3 atom stereocenters. The van der Waals surface area contributed by atoms with Crippen LogP contribution in [0.1, 0.15) is 47.0 Å². The first kappa shape index (κ1) is 19.8. The molecule has 0 saturated heterocycles. The van der Waals surface area contributed by atoms with Gasteiger partial charge >= 0.3 is 0 Å². The summed E-state index contributed by atoms with van der Waals surface area (Å²) in [5.41, 5.74) is -0.268. The summed E-state index contributed by atoms with van der Waals surface area (Å²) in [6, 6.07) is 0. The fourth-order valence-electron chi connectivity index (χ4n) is 3.03. The summed E-state index contributed by atoms with van der Waals surface area (Å²) < 4.78 is 16.8. The quantitative estimate of drug-likeness (QED) is 0.277. The standard InChI is InChI=1S/C17H34O4Si/c1-14(21-22(6,7)16(2,3)4)15-8-9-17(15,12-18)10-11-20-13-19-5/h12,14-15H,8-11,13H2,1-7H3/t14?,15-,17+/m0/s1. The lowest BCUT2D eigenvalue weighted by Crippen LogP contribution is -2.53. The van der Waals surface area contributed by atoms with Crippen molar-refractivity contribution >= 4 is 14.6 Å². The zero-order chi connectivity index (χ0) is 17.0. The molecule has 5 heteroatoms. The highest BCUT2D eigenvalue weighted by Gasteiger charge is 2.51. The summed E-state index contributed by atoms with van der Waals surface area (Å²) in [7, 11) is -0.192. The summed E-state index contributed by atoms with van der Waals surface area (Å²) in [5.74, 6) is 0.310. The van der Waals surface area contributed by atoms with Crippen molar-refractivity contribution in [3.8, 4) is 0 Å². The molecule has 1 fully saturated rings. The maximum Gasteiger partial charge on any atom is 0.192 e. The predicted octanol–water partition coefficient (Wildman–Crippen LogP) is 4.00. The molecule has 1 unspecified atom stereocenters. The summed E-state index contributed by atoms with van der Waals surface area (Å²) in [5, 5.41) is 0.191. The monoisotopic (exact) mass is 330 g/mol. The van der Waals surface area contributed by atoms with E-state index in [0.29, 0.717) is 12.5 Å². The van der Waals surface area contributed by atoms with Gasteiger partial charge in [-0.05, 0) is 50.2 Å². The topological polar surface area (TPSA) is 44.8 Å². The van der Waals surface area contributed by atoms with E-state index in [9.17, 15) is 4.79 Å². The minimum absolute atomic E-state index is 0.127. The van der Waals surface area contributed by atoms with Crippen LogP contribution in [0.5, 0.6) is 0 Å². The highest BCUT2D eigenvalue weighted by atomic mass is 28.4. The number of aldehydes is 1. The number of carbonyl (C=O) groups is 1. The van der Waals surface area contributed by atoms with E-state index in [4.69, 9.17) is 13.9 Å². The fraction of sp³-hybridized carbons (Fsp3) is 0.941. The van der Waals surface area contributed by atoms with Crippen molar-refractivity contribution < 1.29 is 18.7 Å². The Morgan fingerprint density at radius 1 is 1.36 bits per heavy atom. The van der Waals surface area contributed by atoms with Gasteiger partial charge in [0.15, 0.2) is 8.32 Å². The molecular weight excluding hydrogens is 296 g/mol. The van der Waals surface area contributed by atoms with Crippen LogP contribution in [0.25, 0.3) is 0 Å². The van der Waals surface area contributed by atoms with Crippen molar-refractivity contribution in [2.75, 3.05) is 20.5 Å². The Balaban J connectivity index is 2.64. The highest BCUT2D eigenvalue weighted by molar-refractivity contribution is 6.74. The minimum Gasteiger partial charge on any atom is -0.414 e. The van der Waals surface area contributed by atoms with Gasteiger partial charge in [-0.2, -0.15) is 0 Å². The SMILES string of the molecule is COCOCC[C@@]1(C=O)CC[C@H]1C(C)O[Si](C)(C)C(C)(C)C. The molecule has 0 aromatic carbocycles. The molecule has 0 spiro atoms. The summed E-state index contributed by atoms with van der Waals surface area (Å²) in [6.45, 7) is 14.3. The van der Waals surface area contributed by atoms with Gasteiger partial charge in [-0.3, -0.25) is 0 Å². The molecule has 0 aliphatic heterocycles. The van der Waals surface area contributed by atoms with Crippen LogP contribution in [0.2, 0.25) is 18.1 Å². The van der Waals surface area contributed by atoms with Gasteiger partial charge in [-0.15, -0.1) is 0 Å². The Bertz CT molecular complexity index is 364. The van der Waals surface area contributed by atoms with Gasteiger partial charge in [0.2, 0.25) is 0 Å². The molecule has 4 nitrogen and oxygen atoms in total. The van der Waals surface area contributed by atoms with Gasteiger partial charge in [0, 0.05) is 18.6 Å². The van der Waals surface area contributed by atoms with Gasteiger partial charge in [-0.25, -0.2) is 0 Å². The molecule has 1 aliphatic carbocycles. The van der Waals surface area contributed by atoms with Gasteiger partial charge in [-0.1, -0.05) is 20.8 Å². The second-order valence-electron chi connectivity index (χ2n) is 8.14. The average molecular weight is 331 g/mol. The molecule has 0 heterocycles. The number of hydrogen-bond acceptors (Lipinski definition) is 4. The van der Waals surface area contributed by atoms with Crippen molar-refractivity contribution in [2.45, 2.75) is 71.2 Å². The second-order valence-corrected chi connectivity index (χ2v) is 12.9. The first-order chi connectivity index (χ1) is 10.1. The Morgan fingerprint density at radius 3 is 2.41 bits per heavy atom. The maximum atomic E-state index is 11.7. The van der Waals surface area contributed by atoms with E-state index in [1.807, 2.05) is 0 Å². The Kier molecular flexibility index (Phi) is 6.81. The third-order valence-electron chi connectivity index (χ3n) is 5.66. The maximum absolute atomic E-state index is 11.7. The molecule has 22 heavy (non-hydrogen) atoms. The van der Waals surface area contributed by atoms with Crippen LogP contribution in [-0.4, -0.2) is 41.2 Å². The number of ether oxygens (including phenoxy) is 2. The number of hydrogen-bond donors (Lipinski definition) is 0. The van der Waals surface area contributed by atoms with E-state index >= 15 is 0 Å². The van der Waals surface area contributed by atoms with E-state index in [2.05, 4.69) is 40.8 Å². The lowest BCUT2D eigenvalue weighted by atomic mass is 9.57. The van der Waals surface area contributed by atoms with Gasteiger partial charge in [0.1, 0.15) is 13.1 Å². The predicted molar refractivity (Wildman–Crippen MR) is 91.4 cm³/mol. The molecule has 0 N–H and O–H groups in total. The number of rotatable bonds is 9. The third kappa shape index (κ3) is 4.40. The van der Waals surface area contributed by atoms with Crippen LogP contribution >= 0.6 is 0 Å². The molecule has 1 rings (SSSR count). The largest absolute Gasteiger partial charge is 0.414 e. The lowest BCUT2D eigenvalue weighted by Gasteiger charge is -2.51. The van der Waals surface area contributed by atoms with Crippen LogP contribution < -0.4 is 0 Å². The third-order valence-corrected chi connectivity index (χ3v) is 10.2. The highest BCUT2D eigenvalue weighted by Crippen LogP contribution is 2.51. The van der Waals surface area contributed by atoms with Crippen LogP contribution in [0.4, 0.5) is 0 Å². The number of carbonyl (C=O) groups excluding carboxylic acids is 1. The molecule has 0 aromatic heterocycles. The van der Waals surface area contributed by atoms with Gasteiger partial charge in [0.25, 0.3) is 0 Å². The molecule has 130 valence electrons. The van der Waals surface area contributed by atoms with Crippen LogP contribution in [0, 0.1) is 11.3 Å². The molecule has 0 aromatic rings. The van der Waals surface area contributed by atoms with E-state index in [1.54, 1.807) is 7.11 Å². The smallest absolute Gasteiger partial charge is 0.192 e. The normalized spacial score (nSPS) is 27.3. The van der Waals surface area contributed by atoms with Crippen molar-refractivity contribution in [1.29, 1.82) is 0 Å². The first-order valence-corrected chi connectivity index (χ1v) is 11.2. The Hall–Kier alpha value is -0.233. The second kappa shape index (κ2) is 7.56. The Morgan fingerprint density at radius 2 is 2.00 bits per heavy atom. The van der Waals surface area contributed by atoms with Crippen molar-refractivity contribution in [3.63, 3.8) is 0 Å². The van der Waals surface area contributed by atoms with E-state index in [-0.39, 0.29) is 23.4 Å². The van der Waals surface area contributed by atoms with E-state index in [0.717, 1.165) is 25.5 Å². The van der Waals surface area contributed by atoms with E-state index in [1.165, 1.54) is 0 Å². The van der Waals surface area contributed by atoms with Gasteiger partial charge in [0.05, 0.1) is 6.61 Å². The molecule has 0 radical (unpaired) electrons. The first-order valence-electron chi connectivity index (χ1n) is 8.30. The van der Waals surface area contributed by atoms with Crippen LogP contribution in [0.3, 0.4) is 0 Å². The zero-order valence-electron chi connectivity index (χ0n) is 15.4. The van der Waals surface area contributed by atoms with Crippen molar-refractivity contribution in [2.24, 2.45) is 11.3 Å². The van der Waals surface area contributed by atoms with E-state index < -0.39 is 8.32 Å². The van der Waals surface area contributed by atoms with Crippen LogP contribution in [0.15, 0.2) is 0 Å². The summed E-state index contributed by atoms with van der Waals surface area (Å²) in [4.78, 5) is 11.7. The summed E-state index contributed by atoms with van der Waals surface area (Å²) in [6.07, 6.45) is 4.04. The average Bonchev–Trinajstić information content (AvgIpc) is 2.35. The van der Waals surface area contributed by atoms with Gasteiger partial charge < -0.3 is 18.7 Å².